The predicted octanol–water partition coefficient (Wildman–Crippen LogP) is 1.24. The number of hydrogen-bond acceptors (Lipinski definition) is 5. The van der Waals surface area contributed by atoms with E-state index in [2.05, 4.69) is 15.3 Å². The summed E-state index contributed by atoms with van der Waals surface area (Å²) in [5.74, 6) is -0.819. The summed E-state index contributed by atoms with van der Waals surface area (Å²) in [6, 6.07) is 0.778. The first-order valence-corrected chi connectivity index (χ1v) is 5.93. The number of anilines is 2. The fourth-order valence-corrected chi connectivity index (χ4v) is 1.41. The van der Waals surface area contributed by atoms with Gasteiger partial charge in [-0.3, -0.25) is 4.79 Å². The molecule has 112 valence electrons. The number of aromatic nitrogens is 2. The van der Waals surface area contributed by atoms with E-state index >= 15 is 0 Å². The van der Waals surface area contributed by atoms with Gasteiger partial charge >= 0.3 is 6.18 Å². The highest BCUT2D eigenvalue weighted by atomic mass is 19.4. The lowest BCUT2D eigenvalue weighted by Gasteiger charge is -2.18. The Hall–Kier alpha value is -2.06. The second kappa shape index (κ2) is 6.40. The Labute approximate surface area is 114 Å². The molecule has 0 spiro atoms. The number of carbonyl (C=O) groups is 1. The van der Waals surface area contributed by atoms with Gasteiger partial charge in [-0.2, -0.15) is 18.2 Å². The zero-order valence-corrected chi connectivity index (χ0v) is 11.2. The molecule has 1 aromatic heterocycles. The van der Waals surface area contributed by atoms with Crippen molar-refractivity contribution in [2.75, 3.05) is 30.4 Å². The van der Waals surface area contributed by atoms with Crippen LogP contribution in [0.15, 0.2) is 6.07 Å². The molecule has 1 aromatic rings. The first-order valence-electron chi connectivity index (χ1n) is 5.93. The van der Waals surface area contributed by atoms with E-state index in [4.69, 9.17) is 5.73 Å². The minimum atomic E-state index is -4.59. The number of carbonyl (C=O) groups excluding carboxylic acids is 1. The maximum absolute atomic E-state index is 12.8. The fourth-order valence-electron chi connectivity index (χ4n) is 1.41. The molecular formula is C11H16F3N5O. The van der Waals surface area contributed by atoms with Crippen molar-refractivity contribution < 1.29 is 18.0 Å². The molecule has 0 aromatic carbocycles. The van der Waals surface area contributed by atoms with Gasteiger partial charge in [0, 0.05) is 19.7 Å². The average molecular weight is 291 g/mol. The monoisotopic (exact) mass is 291 g/mol. The van der Waals surface area contributed by atoms with E-state index in [0.29, 0.717) is 13.0 Å². The van der Waals surface area contributed by atoms with Gasteiger partial charge in [-0.05, 0) is 6.42 Å². The number of nitrogens with two attached hydrogens (primary N) is 1. The summed E-state index contributed by atoms with van der Waals surface area (Å²) in [5.41, 5.74) is 3.94. The summed E-state index contributed by atoms with van der Waals surface area (Å²) >= 11 is 0. The summed E-state index contributed by atoms with van der Waals surface area (Å²) in [5, 5.41) is 2.69. The van der Waals surface area contributed by atoms with Crippen LogP contribution < -0.4 is 16.0 Å². The minimum absolute atomic E-state index is 0.0234. The summed E-state index contributed by atoms with van der Waals surface area (Å²) in [7, 11) is 1.43. The first-order chi connectivity index (χ1) is 9.24. The van der Waals surface area contributed by atoms with E-state index in [1.54, 1.807) is 0 Å². The van der Waals surface area contributed by atoms with Gasteiger partial charge in [-0.1, -0.05) is 6.92 Å². The van der Waals surface area contributed by atoms with E-state index in [-0.39, 0.29) is 18.3 Å². The highest BCUT2D eigenvalue weighted by Crippen LogP contribution is 2.30. The van der Waals surface area contributed by atoms with Crippen molar-refractivity contribution in [3.05, 3.63) is 11.8 Å². The maximum atomic E-state index is 12.8. The van der Waals surface area contributed by atoms with Crippen LogP contribution in [0.1, 0.15) is 19.0 Å². The summed E-state index contributed by atoms with van der Waals surface area (Å²) < 4.78 is 38.3. The second-order valence-corrected chi connectivity index (χ2v) is 4.18. The third-order valence-corrected chi connectivity index (χ3v) is 2.32. The number of halogens is 3. The number of nitrogens with zero attached hydrogens (tertiary/aromatic N) is 3. The van der Waals surface area contributed by atoms with Gasteiger partial charge in [0.05, 0.1) is 6.54 Å². The molecule has 0 saturated carbocycles. The van der Waals surface area contributed by atoms with Crippen LogP contribution in [0.4, 0.5) is 24.9 Å². The molecular weight excluding hydrogens is 275 g/mol. The molecule has 0 unspecified atom stereocenters. The van der Waals surface area contributed by atoms with Crippen LogP contribution in [0, 0.1) is 0 Å². The Kier molecular flexibility index (Phi) is 5.12. The molecule has 0 saturated heterocycles. The highest BCUT2D eigenvalue weighted by molar-refractivity contribution is 5.79. The molecule has 1 amide bonds. The molecule has 0 atom stereocenters. The molecule has 0 fully saturated rings. The van der Waals surface area contributed by atoms with E-state index in [9.17, 15) is 18.0 Å². The molecule has 1 heterocycles. The van der Waals surface area contributed by atoms with Crippen LogP contribution in [0.3, 0.4) is 0 Å². The Balaban J connectivity index is 3.12. The van der Waals surface area contributed by atoms with Gasteiger partial charge in [0.2, 0.25) is 11.9 Å². The van der Waals surface area contributed by atoms with E-state index in [0.717, 1.165) is 6.07 Å². The van der Waals surface area contributed by atoms with Gasteiger partial charge < -0.3 is 16.0 Å². The molecule has 9 heteroatoms. The van der Waals surface area contributed by atoms with Crippen LogP contribution in [-0.2, 0) is 11.0 Å². The van der Waals surface area contributed by atoms with Crippen LogP contribution in [0.2, 0.25) is 0 Å². The Morgan fingerprint density at radius 3 is 2.60 bits per heavy atom. The van der Waals surface area contributed by atoms with Crippen LogP contribution in [0.25, 0.3) is 0 Å². The van der Waals surface area contributed by atoms with Crippen molar-refractivity contribution in [2.24, 2.45) is 5.73 Å². The number of rotatable bonds is 6. The summed E-state index contributed by atoms with van der Waals surface area (Å²) in [4.78, 5) is 19.4. The molecule has 0 bridgehead atoms. The van der Waals surface area contributed by atoms with Crippen molar-refractivity contribution in [3.8, 4) is 0 Å². The number of primary amides is 1. The van der Waals surface area contributed by atoms with E-state index < -0.39 is 17.8 Å². The molecule has 0 aliphatic carbocycles. The number of likely N-dealkylation sites (N-methyl/N-ethyl adjacent to an activating group) is 1. The molecule has 1 rings (SSSR count). The second-order valence-electron chi connectivity index (χ2n) is 4.18. The quantitative estimate of drug-likeness (QED) is 0.823. The fraction of sp³-hybridized carbons (Fsp3) is 0.545. The normalized spacial score (nSPS) is 11.2. The standard InChI is InChI=1S/C11H16F3N5O/c1-3-4-16-10-17-7(11(12,13)14)5-9(18-10)19(2)6-8(15)20/h5H,3-4,6H2,1-2H3,(H2,15,20)(H,16,17,18). The van der Waals surface area contributed by atoms with Crippen LogP contribution >= 0.6 is 0 Å². The maximum Gasteiger partial charge on any atom is 0.433 e. The number of nitrogens with one attached hydrogen (secondary N) is 1. The number of amides is 1. The average Bonchev–Trinajstić information content (AvgIpc) is 2.34. The topological polar surface area (TPSA) is 84.1 Å². The third-order valence-electron chi connectivity index (χ3n) is 2.32. The van der Waals surface area contributed by atoms with Gasteiger partial charge in [0.1, 0.15) is 5.82 Å². The third kappa shape index (κ3) is 4.56. The molecule has 0 radical (unpaired) electrons. The van der Waals surface area contributed by atoms with Gasteiger partial charge in [0.25, 0.3) is 0 Å². The largest absolute Gasteiger partial charge is 0.433 e. The predicted molar refractivity (Wildman–Crippen MR) is 68.3 cm³/mol. The SMILES string of the molecule is CCCNc1nc(N(C)CC(N)=O)cc(C(F)(F)F)n1. The van der Waals surface area contributed by atoms with Crippen molar-refractivity contribution in [1.82, 2.24) is 9.97 Å². The molecule has 6 nitrogen and oxygen atoms in total. The van der Waals surface area contributed by atoms with Crippen LogP contribution in [-0.4, -0.2) is 36.0 Å². The molecule has 0 aliphatic rings. The molecule has 3 N–H and O–H groups in total. The van der Waals surface area contributed by atoms with E-state index in [1.807, 2.05) is 6.92 Å². The van der Waals surface area contributed by atoms with Gasteiger partial charge in [-0.25, -0.2) is 4.98 Å². The first kappa shape index (κ1) is 16.0. The van der Waals surface area contributed by atoms with Crippen LogP contribution in [0.5, 0.6) is 0 Å². The van der Waals surface area contributed by atoms with Crippen molar-refractivity contribution in [3.63, 3.8) is 0 Å². The van der Waals surface area contributed by atoms with Gasteiger partial charge in [-0.15, -0.1) is 0 Å². The Bertz CT molecular complexity index is 478. The summed E-state index contributed by atoms with van der Waals surface area (Å²) in [6.07, 6.45) is -3.88. The lowest BCUT2D eigenvalue weighted by Crippen LogP contribution is -2.31. The molecule has 0 aliphatic heterocycles. The Morgan fingerprint density at radius 1 is 1.45 bits per heavy atom. The lowest BCUT2D eigenvalue weighted by atomic mass is 10.3. The zero-order valence-electron chi connectivity index (χ0n) is 11.2. The van der Waals surface area contributed by atoms with E-state index in [1.165, 1.54) is 11.9 Å². The Morgan fingerprint density at radius 2 is 2.10 bits per heavy atom. The van der Waals surface area contributed by atoms with Crippen molar-refractivity contribution in [1.29, 1.82) is 0 Å². The summed E-state index contributed by atoms with van der Waals surface area (Å²) in [6.45, 7) is 2.07. The minimum Gasteiger partial charge on any atom is -0.368 e. The lowest BCUT2D eigenvalue weighted by molar-refractivity contribution is -0.141. The molecule has 20 heavy (non-hydrogen) atoms. The number of alkyl halides is 3. The van der Waals surface area contributed by atoms with Gasteiger partial charge in [0.15, 0.2) is 5.69 Å². The highest BCUT2D eigenvalue weighted by Gasteiger charge is 2.34. The van der Waals surface area contributed by atoms with Crippen molar-refractivity contribution in [2.45, 2.75) is 19.5 Å². The number of hydrogen-bond donors (Lipinski definition) is 2. The van der Waals surface area contributed by atoms with Crippen molar-refractivity contribution >= 4 is 17.7 Å². The smallest absolute Gasteiger partial charge is 0.368 e. The zero-order chi connectivity index (χ0) is 15.3.